The minimum absolute atomic E-state index is 0.00674. The van der Waals surface area contributed by atoms with Crippen LogP contribution in [0.15, 0.2) is 54.6 Å². The molecule has 1 aliphatic heterocycles. The molecule has 1 heterocycles. The third kappa shape index (κ3) is 3.44. The van der Waals surface area contributed by atoms with Gasteiger partial charge < -0.3 is 10.6 Å². The minimum Gasteiger partial charge on any atom is -0.347 e. The Morgan fingerprint density at radius 1 is 1.12 bits per heavy atom. The second kappa shape index (κ2) is 6.97. The quantitative estimate of drug-likeness (QED) is 0.911. The second-order valence-corrected chi connectivity index (χ2v) is 5.76. The van der Waals surface area contributed by atoms with Crippen LogP contribution in [0.4, 0.5) is 0 Å². The maximum Gasteiger partial charge on any atom is 0.251 e. The van der Waals surface area contributed by atoms with Crippen LogP contribution in [0.3, 0.4) is 0 Å². The fourth-order valence-electron chi connectivity index (χ4n) is 2.88. The Labute approximate surface area is 140 Å². The van der Waals surface area contributed by atoms with Crippen LogP contribution in [0.5, 0.6) is 0 Å². The van der Waals surface area contributed by atoms with E-state index in [4.69, 9.17) is 5.26 Å². The van der Waals surface area contributed by atoms with Crippen molar-refractivity contribution in [3.05, 3.63) is 71.3 Å². The SMILES string of the molecule is N#Cc1ccc(C(=O)NC2CCC(=O)NC2c2ccccc2)cc1. The zero-order valence-corrected chi connectivity index (χ0v) is 13.0. The molecule has 0 aromatic heterocycles. The molecule has 1 aliphatic rings. The van der Waals surface area contributed by atoms with E-state index in [1.165, 1.54) is 0 Å². The summed E-state index contributed by atoms with van der Waals surface area (Å²) in [4.78, 5) is 24.2. The lowest BCUT2D eigenvalue weighted by Crippen LogP contribution is -2.50. The Morgan fingerprint density at radius 2 is 1.83 bits per heavy atom. The summed E-state index contributed by atoms with van der Waals surface area (Å²) in [5.74, 6) is -0.214. The first-order valence-electron chi connectivity index (χ1n) is 7.83. The van der Waals surface area contributed by atoms with Crippen molar-refractivity contribution in [2.75, 3.05) is 0 Å². The smallest absolute Gasteiger partial charge is 0.251 e. The molecule has 2 unspecified atom stereocenters. The molecule has 1 fully saturated rings. The molecule has 120 valence electrons. The monoisotopic (exact) mass is 319 g/mol. The Kier molecular flexibility index (Phi) is 4.57. The van der Waals surface area contributed by atoms with E-state index in [1.807, 2.05) is 36.4 Å². The van der Waals surface area contributed by atoms with Crippen molar-refractivity contribution in [2.24, 2.45) is 0 Å². The molecule has 3 rings (SSSR count). The van der Waals surface area contributed by atoms with Crippen LogP contribution in [-0.2, 0) is 4.79 Å². The Bertz CT molecular complexity index is 779. The maximum atomic E-state index is 12.5. The van der Waals surface area contributed by atoms with Gasteiger partial charge in [-0.25, -0.2) is 0 Å². The van der Waals surface area contributed by atoms with Crippen molar-refractivity contribution in [2.45, 2.75) is 24.9 Å². The molecule has 2 aromatic carbocycles. The zero-order valence-electron chi connectivity index (χ0n) is 13.0. The number of nitriles is 1. The van der Waals surface area contributed by atoms with Crippen LogP contribution >= 0.6 is 0 Å². The van der Waals surface area contributed by atoms with E-state index in [0.717, 1.165) is 5.56 Å². The summed E-state index contributed by atoms with van der Waals surface area (Å²) in [7, 11) is 0. The minimum atomic E-state index is -0.241. The largest absolute Gasteiger partial charge is 0.347 e. The van der Waals surface area contributed by atoms with Gasteiger partial charge in [0.15, 0.2) is 0 Å². The van der Waals surface area contributed by atoms with E-state index in [1.54, 1.807) is 24.3 Å². The number of nitrogens with one attached hydrogen (secondary N) is 2. The number of hydrogen-bond acceptors (Lipinski definition) is 3. The van der Waals surface area contributed by atoms with Crippen LogP contribution in [0.2, 0.25) is 0 Å². The summed E-state index contributed by atoms with van der Waals surface area (Å²) in [5.41, 5.74) is 1.98. The molecule has 0 saturated carbocycles. The number of rotatable bonds is 3. The van der Waals surface area contributed by atoms with E-state index in [9.17, 15) is 9.59 Å². The molecule has 5 nitrogen and oxygen atoms in total. The van der Waals surface area contributed by atoms with Gasteiger partial charge in [-0.05, 0) is 36.2 Å². The topological polar surface area (TPSA) is 82.0 Å². The average Bonchev–Trinajstić information content (AvgIpc) is 2.64. The number of hydrogen-bond donors (Lipinski definition) is 2. The van der Waals surface area contributed by atoms with E-state index in [-0.39, 0.29) is 23.9 Å². The first-order chi connectivity index (χ1) is 11.7. The summed E-state index contributed by atoms with van der Waals surface area (Å²) >= 11 is 0. The number of amides is 2. The van der Waals surface area contributed by atoms with Crippen molar-refractivity contribution < 1.29 is 9.59 Å². The molecule has 0 radical (unpaired) electrons. The van der Waals surface area contributed by atoms with E-state index >= 15 is 0 Å². The van der Waals surface area contributed by atoms with Gasteiger partial charge in [-0.3, -0.25) is 9.59 Å². The number of benzene rings is 2. The van der Waals surface area contributed by atoms with Crippen LogP contribution in [-0.4, -0.2) is 17.9 Å². The summed E-state index contributed by atoms with van der Waals surface area (Å²) in [6.07, 6.45) is 0.981. The predicted octanol–water partition coefficient (Wildman–Crippen LogP) is 2.31. The zero-order chi connectivity index (χ0) is 16.9. The molecule has 0 spiro atoms. The third-order valence-corrected chi connectivity index (χ3v) is 4.15. The highest BCUT2D eigenvalue weighted by molar-refractivity contribution is 5.94. The molecule has 0 bridgehead atoms. The van der Waals surface area contributed by atoms with Gasteiger partial charge in [0.05, 0.1) is 23.7 Å². The first-order valence-corrected chi connectivity index (χ1v) is 7.83. The molecule has 5 heteroatoms. The number of carbonyl (C=O) groups excluding carboxylic acids is 2. The Hall–Kier alpha value is -3.13. The van der Waals surface area contributed by atoms with Crippen LogP contribution in [0.25, 0.3) is 0 Å². The molecule has 1 saturated heterocycles. The van der Waals surface area contributed by atoms with Gasteiger partial charge >= 0.3 is 0 Å². The predicted molar refractivity (Wildman–Crippen MR) is 89.0 cm³/mol. The lowest BCUT2D eigenvalue weighted by atomic mass is 9.91. The summed E-state index contributed by atoms with van der Waals surface area (Å²) in [6, 6.07) is 17.7. The summed E-state index contributed by atoms with van der Waals surface area (Å²) < 4.78 is 0. The Balaban J connectivity index is 1.77. The number of piperidine rings is 1. The van der Waals surface area contributed by atoms with E-state index in [0.29, 0.717) is 24.0 Å². The van der Waals surface area contributed by atoms with E-state index < -0.39 is 0 Å². The van der Waals surface area contributed by atoms with Crippen molar-refractivity contribution in [1.82, 2.24) is 10.6 Å². The van der Waals surface area contributed by atoms with Gasteiger partial charge in [0.1, 0.15) is 0 Å². The summed E-state index contributed by atoms with van der Waals surface area (Å²) in [6.45, 7) is 0. The van der Waals surface area contributed by atoms with Gasteiger partial charge in [0.2, 0.25) is 5.91 Å². The van der Waals surface area contributed by atoms with Gasteiger partial charge in [0.25, 0.3) is 5.91 Å². The average molecular weight is 319 g/mol. The third-order valence-electron chi connectivity index (χ3n) is 4.15. The van der Waals surface area contributed by atoms with Crippen molar-refractivity contribution >= 4 is 11.8 Å². The molecule has 24 heavy (non-hydrogen) atoms. The first kappa shape index (κ1) is 15.8. The lowest BCUT2D eigenvalue weighted by molar-refractivity contribution is -0.123. The molecular formula is C19H17N3O2. The van der Waals surface area contributed by atoms with E-state index in [2.05, 4.69) is 10.6 Å². The highest BCUT2D eigenvalue weighted by Gasteiger charge is 2.31. The lowest BCUT2D eigenvalue weighted by Gasteiger charge is -2.33. The van der Waals surface area contributed by atoms with Gasteiger partial charge in [-0.2, -0.15) is 5.26 Å². The molecular weight excluding hydrogens is 302 g/mol. The van der Waals surface area contributed by atoms with Crippen LogP contribution < -0.4 is 10.6 Å². The van der Waals surface area contributed by atoms with Gasteiger partial charge in [-0.1, -0.05) is 30.3 Å². The molecule has 2 atom stereocenters. The van der Waals surface area contributed by atoms with Crippen LogP contribution in [0, 0.1) is 11.3 Å². The second-order valence-electron chi connectivity index (χ2n) is 5.76. The highest BCUT2D eigenvalue weighted by Crippen LogP contribution is 2.24. The van der Waals surface area contributed by atoms with Crippen molar-refractivity contribution in [1.29, 1.82) is 5.26 Å². The highest BCUT2D eigenvalue weighted by atomic mass is 16.2. The van der Waals surface area contributed by atoms with Gasteiger partial charge in [0, 0.05) is 12.0 Å². The maximum absolute atomic E-state index is 12.5. The normalized spacial score (nSPS) is 19.9. The molecule has 0 aliphatic carbocycles. The Morgan fingerprint density at radius 3 is 2.50 bits per heavy atom. The fourth-order valence-corrected chi connectivity index (χ4v) is 2.88. The number of nitrogens with zero attached hydrogens (tertiary/aromatic N) is 1. The standard InChI is InChI=1S/C19H17N3O2/c20-12-13-6-8-15(9-7-13)19(24)21-16-10-11-17(23)22-18(16)14-4-2-1-3-5-14/h1-9,16,18H,10-11H2,(H,21,24)(H,22,23). The van der Waals surface area contributed by atoms with Crippen LogP contribution in [0.1, 0.15) is 40.4 Å². The summed E-state index contributed by atoms with van der Waals surface area (Å²) in [5, 5.41) is 14.8. The van der Waals surface area contributed by atoms with Crippen molar-refractivity contribution in [3.63, 3.8) is 0 Å². The molecule has 2 N–H and O–H groups in total. The molecule has 2 aromatic rings. The fraction of sp³-hybridized carbons (Fsp3) is 0.211. The van der Waals surface area contributed by atoms with Crippen molar-refractivity contribution in [3.8, 4) is 6.07 Å². The molecule has 2 amide bonds. The number of carbonyl (C=O) groups is 2. The van der Waals surface area contributed by atoms with Gasteiger partial charge in [-0.15, -0.1) is 0 Å².